The zero-order chi connectivity index (χ0) is 15.5. The van der Waals surface area contributed by atoms with E-state index in [1.54, 1.807) is 0 Å². The molecule has 2 heterocycles. The number of nitrogens with one attached hydrogen (secondary N) is 3. The molecule has 0 spiro atoms. The van der Waals surface area contributed by atoms with E-state index in [1.165, 1.54) is 0 Å². The Kier molecular flexibility index (Phi) is 7.69. The van der Waals surface area contributed by atoms with Gasteiger partial charge in [-0.05, 0) is 31.8 Å². The van der Waals surface area contributed by atoms with Gasteiger partial charge < -0.3 is 15.5 Å². The Labute approximate surface area is 154 Å². The average Bonchev–Trinajstić information content (AvgIpc) is 2.91. The quantitative estimate of drug-likeness (QED) is 0.770. The third kappa shape index (κ3) is 4.70. The Balaban J connectivity index is 0.00000144. The molecule has 0 saturated heterocycles. The number of amides is 1. The molecule has 0 radical (unpaired) electrons. The summed E-state index contributed by atoms with van der Waals surface area (Å²) < 4.78 is 0. The molecule has 0 aliphatic carbocycles. The van der Waals surface area contributed by atoms with E-state index in [-0.39, 0.29) is 30.7 Å². The number of carbonyl (C=O) groups excluding carboxylic acids is 1. The van der Waals surface area contributed by atoms with Gasteiger partial charge in [-0.25, -0.2) is 0 Å². The smallest absolute Gasteiger partial charge is 0.276 e. The highest BCUT2D eigenvalue weighted by molar-refractivity contribution is 6.04. The molecule has 1 aliphatic rings. The number of carbonyl (C=O) groups is 1. The first-order valence-corrected chi connectivity index (χ1v) is 7.45. The van der Waals surface area contributed by atoms with Crippen molar-refractivity contribution in [1.29, 1.82) is 0 Å². The SMILES string of the molecule is CN(C)Cc1cccc(NC(=O)c2n[nH]c3c2CNCC3)c1.Cl.Cl. The molecule has 0 saturated carbocycles. The molecule has 0 fully saturated rings. The highest BCUT2D eigenvalue weighted by Gasteiger charge is 2.21. The summed E-state index contributed by atoms with van der Waals surface area (Å²) in [4.78, 5) is 14.5. The highest BCUT2D eigenvalue weighted by Crippen LogP contribution is 2.18. The third-order valence-corrected chi connectivity index (χ3v) is 3.71. The highest BCUT2D eigenvalue weighted by atomic mass is 35.5. The van der Waals surface area contributed by atoms with Gasteiger partial charge in [-0.2, -0.15) is 5.10 Å². The van der Waals surface area contributed by atoms with E-state index in [2.05, 4.69) is 31.8 Å². The Bertz CT molecular complexity index is 687. The molecule has 8 heteroatoms. The topological polar surface area (TPSA) is 73.0 Å². The molecule has 3 rings (SSSR count). The second kappa shape index (κ2) is 9.03. The van der Waals surface area contributed by atoms with Crippen LogP contribution in [-0.2, 0) is 19.5 Å². The van der Waals surface area contributed by atoms with Crippen LogP contribution in [0.1, 0.15) is 27.3 Å². The number of nitrogens with zero attached hydrogens (tertiary/aromatic N) is 2. The van der Waals surface area contributed by atoms with Crippen LogP contribution in [0.15, 0.2) is 24.3 Å². The molecular formula is C16H23Cl2N5O. The molecule has 1 amide bonds. The fraction of sp³-hybridized carbons (Fsp3) is 0.375. The van der Waals surface area contributed by atoms with Crippen LogP contribution in [0.3, 0.4) is 0 Å². The van der Waals surface area contributed by atoms with Crippen molar-refractivity contribution in [2.75, 3.05) is 26.0 Å². The van der Waals surface area contributed by atoms with Crippen LogP contribution in [-0.4, -0.2) is 41.6 Å². The van der Waals surface area contributed by atoms with Crippen LogP contribution >= 0.6 is 24.8 Å². The van der Waals surface area contributed by atoms with Gasteiger partial charge in [0.1, 0.15) is 0 Å². The Morgan fingerprint density at radius 3 is 2.88 bits per heavy atom. The van der Waals surface area contributed by atoms with Gasteiger partial charge in [0.25, 0.3) is 5.91 Å². The molecule has 3 N–H and O–H groups in total. The average molecular weight is 372 g/mol. The molecule has 1 aromatic heterocycles. The fourth-order valence-electron chi connectivity index (χ4n) is 2.72. The lowest BCUT2D eigenvalue weighted by molar-refractivity contribution is 0.102. The van der Waals surface area contributed by atoms with Crippen LogP contribution < -0.4 is 10.6 Å². The molecule has 0 unspecified atom stereocenters. The lowest BCUT2D eigenvalue weighted by Crippen LogP contribution is -2.25. The number of fused-ring (bicyclic) bond motifs is 1. The van der Waals surface area contributed by atoms with E-state index in [1.807, 2.05) is 32.3 Å². The van der Waals surface area contributed by atoms with Gasteiger partial charge in [-0.1, -0.05) is 12.1 Å². The Morgan fingerprint density at radius 2 is 2.12 bits per heavy atom. The summed E-state index contributed by atoms with van der Waals surface area (Å²) in [5.74, 6) is -0.164. The van der Waals surface area contributed by atoms with Gasteiger partial charge >= 0.3 is 0 Å². The van der Waals surface area contributed by atoms with Crippen molar-refractivity contribution in [2.45, 2.75) is 19.5 Å². The molecule has 132 valence electrons. The second-order valence-electron chi connectivity index (χ2n) is 5.85. The van der Waals surface area contributed by atoms with Crippen molar-refractivity contribution in [3.05, 3.63) is 46.8 Å². The van der Waals surface area contributed by atoms with E-state index in [0.29, 0.717) is 12.2 Å². The van der Waals surface area contributed by atoms with Gasteiger partial charge in [-0.3, -0.25) is 9.89 Å². The maximum absolute atomic E-state index is 12.4. The van der Waals surface area contributed by atoms with Crippen LogP contribution in [0.25, 0.3) is 0 Å². The van der Waals surface area contributed by atoms with Crippen molar-refractivity contribution >= 4 is 36.4 Å². The van der Waals surface area contributed by atoms with Crippen molar-refractivity contribution in [1.82, 2.24) is 20.4 Å². The Morgan fingerprint density at radius 1 is 1.33 bits per heavy atom. The van der Waals surface area contributed by atoms with Crippen LogP contribution in [0.5, 0.6) is 0 Å². The van der Waals surface area contributed by atoms with E-state index in [4.69, 9.17) is 0 Å². The number of rotatable bonds is 4. The van der Waals surface area contributed by atoms with E-state index >= 15 is 0 Å². The van der Waals surface area contributed by atoms with Gasteiger partial charge in [0.05, 0.1) is 0 Å². The summed E-state index contributed by atoms with van der Waals surface area (Å²) in [5.41, 5.74) is 4.48. The summed E-state index contributed by atoms with van der Waals surface area (Å²) in [6.07, 6.45) is 0.883. The largest absolute Gasteiger partial charge is 0.321 e. The van der Waals surface area contributed by atoms with Crippen molar-refractivity contribution < 1.29 is 4.79 Å². The minimum absolute atomic E-state index is 0. The van der Waals surface area contributed by atoms with E-state index in [0.717, 1.165) is 42.0 Å². The Hall–Kier alpha value is -1.60. The van der Waals surface area contributed by atoms with Crippen LogP contribution in [0.2, 0.25) is 0 Å². The molecule has 24 heavy (non-hydrogen) atoms. The number of halogens is 2. The van der Waals surface area contributed by atoms with Gasteiger partial charge in [0.2, 0.25) is 0 Å². The lowest BCUT2D eigenvalue weighted by atomic mass is 10.1. The third-order valence-electron chi connectivity index (χ3n) is 3.71. The maximum atomic E-state index is 12.4. The molecule has 1 aliphatic heterocycles. The zero-order valence-electron chi connectivity index (χ0n) is 13.8. The number of benzene rings is 1. The first-order valence-electron chi connectivity index (χ1n) is 7.45. The summed E-state index contributed by atoms with van der Waals surface area (Å²) in [6, 6.07) is 7.90. The first kappa shape index (κ1) is 20.4. The lowest BCUT2D eigenvalue weighted by Gasteiger charge is -2.13. The van der Waals surface area contributed by atoms with Crippen LogP contribution in [0, 0.1) is 0 Å². The molecule has 0 atom stereocenters. The predicted molar refractivity (Wildman–Crippen MR) is 100 cm³/mol. The van der Waals surface area contributed by atoms with Crippen molar-refractivity contribution in [3.8, 4) is 0 Å². The zero-order valence-corrected chi connectivity index (χ0v) is 15.4. The number of hydrogen-bond donors (Lipinski definition) is 3. The number of aromatic nitrogens is 2. The summed E-state index contributed by atoms with van der Waals surface area (Å²) >= 11 is 0. The van der Waals surface area contributed by atoms with E-state index < -0.39 is 0 Å². The minimum atomic E-state index is -0.164. The number of anilines is 1. The molecule has 1 aromatic carbocycles. The van der Waals surface area contributed by atoms with Crippen molar-refractivity contribution in [3.63, 3.8) is 0 Å². The summed E-state index contributed by atoms with van der Waals surface area (Å²) in [5, 5.41) is 13.4. The minimum Gasteiger partial charge on any atom is -0.321 e. The molecule has 0 bridgehead atoms. The first-order chi connectivity index (χ1) is 10.6. The van der Waals surface area contributed by atoms with Gasteiger partial charge in [0, 0.05) is 43.0 Å². The predicted octanol–water partition coefficient (Wildman–Crippen LogP) is 2.21. The number of hydrogen-bond acceptors (Lipinski definition) is 4. The fourth-order valence-corrected chi connectivity index (χ4v) is 2.72. The van der Waals surface area contributed by atoms with Gasteiger partial charge in [0.15, 0.2) is 5.69 Å². The maximum Gasteiger partial charge on any atom is 0.276 e. The van der Waals surface area contributed by atoms with Gasteiger partial charge in [-0.15, -0.1) is 24.8 Å². The van der Waals surface area contributed by atoms with Crippen LogP contribution in [0.4, 0.5) is 5.69 Å². The molecular weight excluding hydrogens is 349 g/mol. The summed E-state index contributed by atoms with van der Waals surface area (Å²) in [7, 11) is 4.04. The molecule has 2 aromatic rings. The van der Waals surface area contributed by atoms with Crippen molar-refractivity contribution in [2.24, 2.45) is 0 Å². The number of aromatic amines is 1. The summed E-state index contributed by atoms with van der Waals surface area (Å²) in [6.45, 7) is 2.45. The standard InChI is InChI=1S/C16H21N5O.2ClH/c1-21(2)10-11-4-3-5-12(8-11)18-16(22)15-13-9-17-7-6-14(13)19-20-15;;/h3-5,8,17H,6-7,9-10H2,1-2H3,(H,18,22)(H,19,20);2*1H. The normalized spacial score (nSPS) is 12.8. The number of H-pyrrole nitrogens is 1. The molecule has 6 nitrogen and oxygen atoms in total. The monoisotopic (exact) mass is 371 g/mol. The van der Waals surface area contributed by atoms with E-state index in [9.17, 15) is 4.79 Å². The second-order valence-corrected chi connectivity index (χ2v) is 5.85.